The van der Waals surface area contributed by atoms with Crippen molar-refractivity contribution in [2.24, 2.45) is 5.10 Å². The van der Waals surface area contributed by atoms with Gasteiger partial charge in [0.25, 0.3) is 5.91 Å². The van der Waals surface area contributed by atoms with Gasteiger partial charge in [0.1, 0.15) is 0 Å². The highest BCUT2D eigenvalue weighted by molar-refractivity contribution is 6.03. The summed E-state index contributed by atoms with van der Waals surface area (Å²) < 4.78 is 0. The number of H-pyrrole nitrogens is 1. The Labute approximate surface area is 144 Å². The fourth-order valence-electron chi connectivity index (χ4n) is 2.75. The Morgan fingerprint density at radius 1 is 1.00 bits per heavy atom. The van der Waals surface area contributed by atoms with Gasteiger partial charge in [-0.05, 0) is 47.5 Å². The third kappa shape index (κ3) is 2.99. The second kappa shape index (κ2) is 6.20. The average Bonchev–Trinajstić information content (AvgIpc) is 3.13. The van der Waals surface area contributed by atoms with E-state index in [0.29, 0.717) is 5.56 Å². The van der Waals surface area contributed by atoms with Crippen molar-refractivity contribution in [1.82, 2.24) is 15.4 Å². The van der Waals surface area contributed by atoms with Gasteiger partial charge in [-0.3, -0.25) is 4.79 Å². The topological polar surface area (TPSA) is 70.1 Å². The summed E-state index contributed by atoms with van der Waals surface area (Å²) in [5, 5.41) is 6.56. The summed E-state index contributed by atoms with van der Waals surface area (Å²) in [6, 6.07) is 19.6. The molecule has 0 aliphatic carbocycles. The van der Waals surface area contributed by atoms with Crippen LogP contribution in [0.3, 0.4) is 0 Å². The summed E-state index contributed by atoms with van der Waals surface area (Å²) in [5.74, 6) is -0.253. The van der Waals surface area contributed by atoms with Gasteiger partial charge in [-0.25, -0.2) is 10.4 Å². The normalized spacial score (nSPS) is 11.8. The molecular weight excluding hydrogens is 312 g/mol. The van der Waals surface area contributed by atoms with Crippen LogP contribution >= 0.6 is 0 Å². The lowest BCUT2D eigenvalue weighted by Crippen LogP contribution is -2.19. The number of fused-ring (bicyclic) bond motifs is 2. The number of nitrogens with zero attached hydrogens (tertiary/aromatic N) is 2. The van der Waals surface area contributed by atoms with Gasteiger partial charge in [0.05, 0.1) is 23.1 Å². The minimum atomic E-state index is -0.253. The third-order valence-electron chi connectivity index (χ3n) is 4.17. The van der Waals surface area contributed by atoms with Gasteiger partial charge in [0.2, 0.25) is 0 Å². The van der Waals surface area contributed by atoms with Crippen LogP contribution in [0, 0.1) is 0 Å². The number of carbonyl (C=O) groups is 1. The predicted octanol–water partition coefficient (Wildman–Crippen LogP) is 3.87. The minimum Gasteiger partial charge on any atom is -0.345 e. The van der Waals surface area contributed by atoms with Crippen molar-refractivity contribution in [2.75, 3.05) is 0 Å². The predicted molar refractivity (Wildman–Crippen MR) is 99.7 cm³/mol. The number of amides is 1. The largest absolute Gasteiger partial charge is 0.345 e. The molecule has 0 aliphatic rings. The van der Waals surface area contributed by atoms with Crippen LogP contribution in [-0.2, 0) is 0 Å². The number of carbonyl (C=O) groups excluding carboxylic acids is 1. The van der Waals surface area contributed by atoms with Crippen molar-refractivity contribution >= 4 is 33.4 Å². The molecule has 1 heterocycles. The van der Waals surface area contributed by atoms with E-state index in [1.165, 1.54) is 5.39 Å². The standard InChI is InChI=1S/C20H16N4O/c1-13(15-7-6-14-4-2-3-5-16(14)10-15)23-24-20(25)17-8-9-18-19(11-17)22-12-21-18/h2-12H,1H3,(H,21,22)(H,24,25)/b23-13-. The Hall–Kier alpha value is -3.47. The summed E-state index contributed by atoms with van der Waals surface area (Å²) in [4.78, 5) is 19.4. The van der Waals surface area contributed by atoms with E-state index in [1.54, 1.807) is 24.5 Å². The molecule has 0 spiro atoms. The van der Waals surface area contributed by atoms with Crippen molar-refractivity contribution in [3.05, 3.63) is 78.1 Å². The van der Waals surface area contributed by atoms with E-state index in [1.807, 2.05) is 25.1 Å². The minimum absolute atomic E-state index is 0.253. The molecule has 0 unspecified atom stereocenters. The number of nitrogens with one attached hydrogen (secondary N) is 2. The molecule has 0 bridgehead atoms. The van der Waals surface area contributed by atoms with Crippen LogP contribution in [-0.4, -0.2) is 21.6 Å². The van der Waals surface area contributed by atoms with E-state index in [0.717, 1.165) is 27.7 Å². The summed E-state index contributed by atoms with van der Waals surface area (Å²) in [5.41, 5.74) is 6.53. The summed E-state index contributed by atoms with van der Waals surface area (Å²) in [7, 11) is 0. The van der Waals surface area contributed by atoms with Gasteiger partial charge < -0.3 is 4.98 Å². The van der Waals surface area contributed by atoms with Crippen molar-refractivity contribution < 1.29 is 4.79 Å². The fraction of sp³-hybridized carbons (Fsp3) is 0.0500. The molecule has 0 fully saturated rings. The number of hydrazone groups is 1. The van der Waals surface area contributed by atoms with Gasteiger partial charge in [-0.1, -0.05) is 36.4 Å². The van der Waals surface area contributed by atoms with Gasteiger partial charge in [-0.15, -0.1) is 0 Å². The van der Waals surface area contributed by atoms with Crippen LogP contribution < -0.4 is 5.43 Å². The highest BCUT2D eigenvalue weighted by atomic mass is 16.2. The molecule has 1 aromatic heterocycles. The van der Waals surface area contributed by atoms with E-state index < -0.39 is 0 Å². The van der Waals surface area contributed by atoms with E-state index >= 15 is 0 Å². The first-order valence-electron chi connectivity index (χ1n) is 7.98. The zero-order valence-electron chi connectivity index (χ0n) is 13.7. The Bertz CT molecular complexity index is 1110. The average molecular weight is 328 g/mol. The highest BCUT2D eigenvalue weighted by Crippen LogP contribution is 2.16. The molecule has 0 radical (unpaired) electrons. The van der Waals surface area contributed by atoms with Gasteiger partial charge in [0.15, 0.2) is 0 Å². The van der Waals surface area contributed by atoms with Crippen LogP contribution in [0.2, 0.25) is 0 Å². The number of hydrogen-bond donors (Lipinski definition) is 2. The molecule has 0 saturated heterocycles. The molecule has 4 aromatic rings. The zero-order chi connectivity index (χ0) is 17.2. The van der Waals surface area contributed by atoms with Gasteiger partial charge in [-0.2, -0.15) is 5.10 Å². The molecule has 4 rings (SSSR count). The third-order valence-corrected chi connectivity index (χ3v) is 4.17. The highest BCUT2D eigenvalue weighted by Gasteiger charge is 2.07. The lowest BCUT2D eigenvalue weighted by Gasteiger charge is -2.05. The molecule has 2 N–H and O–H groups in total. The number of aromatic nitrogens is 2. The lowest BCUT2D eigenvalue weighted by atomic mass is 10.0. The number of hydrogen-bond acceptors (Lipinski definition) is 3. The van der Waals surface area contributed by atoms with E-state index in [9.17, 15) is 4.79 Å². The summed E-state index contributed by atoms with van der Waals surface area (Å²) >= 11 is 0. The van der Waals surface area contributed by atoms with Crippen molar-refractivity contribution in [2.45, 2.75) is 6.92 Å². The van der Waals surface area contributed by atoms with E-state index in [-0.39, 0.29) is 5.91 Å². The molecule has 1 amide bonds. The molecule has 0 saturated carbocycles. The van der Waals surface area contributed by atoms with Crippen LogP contribution in [0.15, 0.2) is 72.1 Å². The zero-order valence-corrected chi connectivity index (χ0v) is 13.7. The molecule has 5 nitrogen and oxygen atoms in total. The smallest absolute Gasteiger partial charge is 0.271 e. The quantitative estimate of drug-likeness (QED) is 0.443. The van der Waals surface area contributed by atoms with Crippen LogP contribution in [0.5, 0.6) is 0 Å². The van der Waals surface area contributed by atoms with E-state index in [4.69, 9.17) is 0 Å². The van der Waals surface area contributed by atoms with Crippen molar-refractivity contribution in [3.63, 3.8) is 0 Å². The molecule has 5 heteroatoms. The molecular formula is C20H16N4O. The second-order valence-corrected chi connectivity index (χ2v) is 5.83. The summed E-state index contributed by atoms with van der Waals surface area (Å²) in [6.07, 6.45) is 1.61. The van der Waals surface area contributed by atoms with Crippen LogP contribution in [0.25, 0.3) is 21.8 Å². The van der Waals surface area contributed by atoms with E-state index in [2.05, 4.69) is 44.8 Å². The molecule has 0 aliphatic heterocycles. The molecule has 25 heavy (non-hydrogen) atoms. The van der Waals surface area contributed by atoms with Gasteiger partial charge in [0, 0.05) is 5.56 Å². The number of imidazole rings is 1. The monoisotopic (exact) mass is 328 g/mol. The van der Waals surface area contributed by atoms with Crippen LogP contribution in [0.4, 0.5) is 0 Å². The Balaban J connectivity index is 1.55. The maximum Gasteiger partial charge on any atom is 0.271 e. The SMILES string of the molecule is C/C(=N/NC(=O)c1ccc2nc[nH]c2c1)c1ccc2ccccc2c1. The van der Waals surface area contributed by atoms with Crippen molar-refractivity contribution in [1.29, 1.82) is 0 Å². The molecule has 0 atom stereocenters. The molecule has 3 aromatic carbocycles. The Morgan fingerprint density at radius 2 is 1.80 bits per heavy atom. The Morgan fingerprint density at radius 3 is 2.68 bits per heavy atom. The number of benzene rings is 3. The maximum atomic E-state index is 12.3. The number of aromatic amines is 1. The first kappa shape index (κ1) is 15.1. The molecule has 122 valence electrons. The van der Waals surface area contributed by atoms with Gasteiger partial charge >= 0.3 is 0 Å². The first-order valence-corrected chi connectivity index (χ1v) is 7.98. The van der Waals surface area contributed by atoms with Crippen LogP contribution in [0.1, 0.15) is 22.8 Å². The lowest BCUT2D eigenvalue weighted by molar-refractivity contribution is 0.0955. The first-order chi connectivity index (χ1) is 12.2. The second-order valence-electron chi connectivity index (χ2n) is 5.83. The summed E-state index contributed by atoms with van der Waals surface area (Å²) in [6.45, 7) is 1.88. The number of rotatable bonds is 3. The van der Waals surface area contributed by atoms with Crippen molar-refractivity contribution in [3.8, 4) is 0 Å². The fourth-order valence-corrected chi connectivity index (χ4v) is 2.75. The maximum absolute atomic E-state index is 12.3. The Kier molecular flexibility index (Phi) is 3.74.